The zero-order valence-corrected chi connectivity index (χ0v) is 12.1. The molecule has 0 radical (unpaired) electrons. The van der Waals surface area contributed by atoms with Crippen molar-refractivity contribution < 1.29 is 9.47 Å². The Kier molecular flexibility index (Phi) is 5.42. The van der Waals surface area contributed by atoms with Crippen molar-refractivity contribution in [3.8, 4) is 0 Å². The van der Waals surface area contributed by atoms with Crippen LogP contribution in [0, 0.1) is 5.41 Å². The third-order valence-electron chi connectivity index (χ3n) is 3.67. The molecule has 1 aliphatic heterocycles. The van der Waals surface area contributed by atoms with Crippen LogP contribution in [-0.4, -0.2) is 38.5 Å². The van der Waals surface area contributed by atoms with Crippen molar-refractivity contribution in [2.45, 2.75) is 58.6 Å². The molecule has 0 saturated carbocycles. The van der Waals surface area contributed by atoms with Gasteiger partial charge in [-0.1, -0.05) is 0 Å². The molecule has 1 saturated heterocycles. The SMILES string of the molecule is COC(C)CC1(CNC(C)(C)C)CCOCC1. The number of hydrogen-bond donors (Lipinski definition) is 1. The van der Waals surface area contributed by atoms with Crippen LogP contribution in [-0.2, 0) is 9.47 Å². The molecular weight excluding hydrogens is 214 g/mol. The zero-order chi connectivity index (χ0) is 12.9. The highest BCUT2D eigenvalue weighted by molar-refractivity contribution is 4.88. The van der Waals surface area contributed by atoms with E-state index in [1.54, 1.807) is 7.11 Å². The van der Waals surface area contributed by atoms with Crippen molar-refractivity contribution >= 4 is 0 Å². The van der Waals surface area contributed by atoms with Gasteiger partial charge in [0.15, 0.2) is 0 Å². The lowest BCUT2D eigenvalue weighted by molar-refractivity contribution is -0.0211. The molecule has 0 aromatic carbocycles. The topological polar surface area (TPSA) is 30.5 Å². The van der Waals surface area contributed by atoms with E-state index in [9.17, 15) is 0 Å². The summed E-state index contributed by atoms with van der Waals surface area (Å²) in [5, 5.41) is 3.65. The largest absolute Gasteiger partial charge is 0.382 e. The van der Waals surface area contributed by atoms with Gasteiger partial charge in [-0.25, -0.2) is 0 Å². The average Bonchev–Trinajstić information content (AvgIpc) is 2.27. The third-order valence-corrected chi connectivity index (χ3v) is 3.67. The van der Waals surface area contributed by atoms with Crippen LogP contribution >= 0.6 is 0 Å². The Bertz CT molecular complexity index is 217. The van der Waals surface area contributed by atoms with E-state index in [-0.39, 0.29) is 5.54 Å². The maximum absolute atomic E-state index is 5.50. The lowest BCUT2D eigenvalue weighted by Gasteiger charge is -2.41. The molecule has 1 atom stereocenters. The summed E-state index contributed by atoms with van der Waals surface area (Å²) >= 11 is 0. The Balaban J connectivity index is 2.58. The summed E-state index contributed by atoms with van der Waals surface area (Å²) in [6.07, 6.45) is 3.73. The van der Waals surface area contributed by atoms with E-state index in [1.807, 2.05) is 0 Å². The summed E-state index contributed by atoms with van der Waals surface area (Å²) in [5.74, 6) is 0. The van der Waals surface area contributed by atoms with E-state index in [0.717, 1.165) is 39.0 Å². The molecule has 1 aliphatic rings. The van der Waals surface area contributed by atoms with Gasteiger partial charge in [0.2, 0.25) is 0 Å². The van der Waals surface area contributed by atoms with Crippen molar-refractivity contribution in [1.29, 1.82) is 0 Å². The predicted octanol–water partition coefficient (Wildman–Crippen LogP) is 2.60. The molecule has 0 aromatic heterocycles. The summed E-state index contributed by atoms with van der Waals surface area (Å²) in [7, 11) is 1.80. The molecule has 1 unspecified atom stereocenters. The highest BCUT2D eigenvalue weighted by Gasteiger charge is 2.34. The van der Waals surface area contributed by atoms with Crippen LogP contribution in [0.1, 0.15) is 47.0 Å². The van der Waals surface area contributed by atoms with Crippen LogP contribution in [0.25, 0.3) is 0 Å². The van der Waals surface area contributed by atoms with Gasteiger partial charge in [0.1, 0.15) is 0 Å². The van der Waals surface area contributed by atoms with Crippen LogP contribution in [0.3, 0.4) is 0 Å². The molecule has 3 nitrogen and oxygen atoms in total. The fourth-order valence-electron chi connectivity index (χ4n) is 2.40. The Morgan fingerprint density at radius 2 is 1.88 bits per heavy atom. The van der Waals surface area contributed by atoms with Crippen LogP contribution in [0.5, 0.6) is 0 Å². The Labute approximate surface area is 106 Å². The number of methoxy groups -OCH3 is 1. The first-order chi connectivity index (χ1) is 7.87. The van der Waals surface area contributed by atoms with Gasteiger partial charge in [-0.2, -0.15) is 0 Å². The smallest absolute Gasteiger partial charge is 0.0549 e. The highest BCUT2D eigenvalue weighted by atomic mass is 16.5. The first-order valence-electron chi connectivity index (χ1n) is 6.72. The average molecular weight is 243 g/mol. The van der Waals surface area contributed by atoms with E-state index in [4.69, 9.17) is 9.47 Å². The summed E-state index contributed by atoms with van der Waals surface area (Å²) in [5.41, 5.74) is 0.530. The molecule has 1 heterocycles. The van der Waals surface area contributed by atoms with Crippen molar-refractivity contribution in [2.24, 2.45) is 5.41 Å². The molecule has 102 valence electrons. The predicted molar refractivity (Wildman–Crippen MR) is 71.3 cm³/mol. The van der Waals surface area contributed by atoms with Gasteiger partial charge in [0, 0.05) is 32.4 Å². The molecular formula is C14H29NO2. The molecule has 3 heteroatoms. The van der Waals surface area contributed by atoms with Crippen LogP contribution in [0.4, 0.5) is 0 Å². The molecule has 1 N–H and O–H groups in total. The van der Waals surface area contributed by atoms with Gasteiger partial charge in [0.05, 0.1) is 6.10 Å². The lowest BCUT2D eigenvalue weighted by Crippen LogP contribution is -2.47. The number of hydrogen-bond acceptors (Lipinski definition) is 3. The maximum atomic E-state index is 5.50. The minimum Gasteiger partial charge on any atom is -0.382 e. The first kappa shape index (κ1) is 14.9. The maximum Gasteiger partial charge on any atom is 0.0549 e. The van der Waals surface area contributed by atoms with Gasteiger partial charge >= 0.3 is 0 Å². The second kappa shape index (κ2) is 6.17. The van der Waals surface area contributed by atoms with Gasteiger partial charge < -0.3 is 14.8 Å². The van der Waals surface area contributed by atoms with Gasteiger partial charge in [-0.15, -0.1) is 0 Å². The van der Waals surface area contributed by atoms with Gasteiger partial charge in [-0.05, 0) is 52.4 Å². The third kappa shape index (κ3) is 5.36. The van der Waals surface area contributed by atoms with Gasteiger partial charge in [0.25, 0.3) is 0 Å². The van der Waals surface area contributed by atoms with E-state index in [0.29, 0.717) is 11.5 Å². The highest BCUT2D eigenvalue weighted by Crippen LogP contribution is 2.35. The molecule has 0 amide bonds. The van der Waals surface area contributed by atoms with Crippen LogP contribution in [0.15, 0.2) is 0 Å². The minimum atomic E-state index is 0.182. The summed E-state index contributed by atoms with van der Waals surface area (Å²) in [4.78, 5) is 0. The molecule has 0 bridgehead atoms. The second-order valence-electron chi connectivity index (χ2n) is 6.47. The Hall–Kier alpha value is -0.120. The number of ether oxygens (including phenoxy) is 2. The van der Waals surface area contributed by atoms with Crippen LogP contribution < -0.4 is 5.32 Å². The summed E-state index contributed by atoms with van der Waals surface area (Å²) in [6, 6.07) is 0. The quantitative estimate of drug-likeness (QED) is 0.805. The van der Waals surface area contributed by atoms with Crippen molar-refractivity contribution in [1.82, 2.24) is 5.32 Å². The molecule has 1 rings (SSSR count). The van der Waals surface area contributed by atoms with Crippen LogP contribution in [0.2, 0.25) is 0 Å². The Morgan fingerprint density at radius 1 is 1.29 bits per heavy atom. The standard InChI is InChI=1S/C14H29NO2/c1-12(16-5)10-14(6-8-17-9-7-14)11-15-13(2,3)4/h12,15H,6-11H2,1-5H3. The normalized spacial score (nSPS) is 22.4. The fourth-order valence-corrected chi connectivity index (χ4v) is 2.40. The van der Waals surface area contributed by atoms with E-state index in [1.165, 1.54) is 0 Å². The second-order valence-corrected chi connectivity index (χ2v) is 6.47. The molecule has 1 fully saturated rings. The number of nitrogens with one attached hydrogen (secondary N) is 1. The molecule has 0 aromatic rings. The molecule has 0 aliphatic carbocycles. The van der Waals surface area contributed by atoms with Crippen molar-refractivity contribution in [2.75, 3.05) is 26.9 Å². The molecule has 17 heavy (non-hydrogen) atoms. The summed E-state index contributed by atoms with van der Waals surface area (Å²) in [6.45, 7) is 11.7. The van der Waals surface area contributed by atoms with Gasteiger partial charge in [-0.3, -0.25) is 0 Å². The molecule has 0 spiro atoms. The van der Waals surface area contributed by atoms with Crippen molar-refractivity contribution in [3.63, 3.8) is 0 Å². The van der Waals surface area contributed by atoms with Crippen molar-refractivity contribution in [3.05, 3.63) is 0 Å². The fraction of sp³-hybridized carbons (Fsp3) is 1.00. The number of rotatable bonds is 5. The monoisotopic (exact) mass is 243 g/mol. The summed E-state index contributed by atoms with van der Waals surface area (Å²) < 4.78 is 10.9. The zero-order valence-electron chi connectivity index (χ0n) is 12.1. The Morgan fingerprint density at radius 3 is 2.35 bits per heavy atom. The van der Waals surface area contributed by atoms with E-state index in [2.05, 4.69) is 33.0 Å². The lowest BCUT2D eigenvalue weighted by atomic mass is 9.75. The van der Waals surface area contributed by atoms with E-state index < -0.39 is 0 Å². The first-order valence-corrected chi connectivity index (χ1v) is 6.72. The van der Waals surface area contributed by atoms with E-state index >= 15 is 0 Å². The minimum absolute atomic E-state index is 0.182.